The van der Waals surface area contributed by atoms with Crippen LogP contribution in [-0.2, 0) is 26.1 Å². The molecule has 0 unspecified atom stereocenters. The van der Waals surface area contributed by atoms with Crippen molar-refractivity contribution in [2.75, 3.05) is 14.2 Å². The normalized spacial score (nSPS) is 34.4. The van der Waals surface area contributed by atoms with Crippen molar-refractivity contribution < 1.29 is 29.0 Å². The number of aromatic hydroxyl groups is 1. The van der Waals surface area contributed by atoms with Crippen LogP contribution in [0, 0.1) is 23.2 Å². The molecule has 0 bridgehead atoms. The Morgan fingerprint density at radius 1 is 1.00 bits per heavy atom. The van der Waals surface area contributed by atoms with Crippen LogP contribution in [0.25, 0.3) is 0 Å². The Morgan fingerprint density at radius 3 is 2.42 bits per heavy atom. The molecule has 0 spiro atoms. The Morgan fingerprint density at radius 2 is 1.73 bits per heavy atom. The van der Waals surface area contributed by atoms with Gasteiger partial charge < -0.3 is 14.6 Å². The van der Waals surface area contributed by atoms with Crippen LogP contribution in [-0.4, -0.2) is 37.0 Å². The van der Waals surface area contributed by atoms with Gasteiger partial charge in [0, 0.05) is 12.0 Å². The minimum absolute atomic E-state index is 0.0390. The highest BCUT2D eigenvalue weighted by Gasteiger charge is 2.59. The fraction of sp³-hybridized carbons (Fsp3) is 0.593. The largest absolute Gasteiger partial charge is 0.508 e. The van der Waals surface area contributed by atoms with Gasteiger partial charge in [-0.15, -0.1) is 0 Å². The zero-order chi connectivity index (χ0) is 23.7. The van der Waals surface area contributed by atoms with Crippen molar-refractivity contribution >= 4 is 17.7 Å². The predicted molar refractivity (Wildman–Crippen MR) is 121 cm³/mol. The molecule has 6 heteroatoms. The highest BCUT2D eigenvalue weighted by Crippen LogP contribution is 2.65. The van der Waals surface area contributed by atoms with Crippen LogP contribution in [0.4, 0.5) is 0 Å². The molecule has 1 aromatic rings. The maximum Gasteiger partial charge on any atom is 0.339 e. The highest BCUT2D eigenvalue weighted by atomic mass is 16.5. The number of esters is 2. The molecule has 0 aliphatic heterocycles. The third kappa shape index (κ3) is 2.95. The fourth-order valence-electron chi connectivity index (χ4n) is 7.96. The summed E-state index contributed by atoms with van der Waals surface area (Å²) in [5, 5.41) is 11.1. The van der Waals surface area contributed by atoms with Gasteiger partial charge in [0.2, 0.25) is 0 Å². The number of phenols is 1. The van der Waals surface area contributed by atoms with Gasteiger partial charge in [-0.25, -0.2) is 9.59 Å². The summed E-state index contributed by atoms with van der Waals surface area (Å²) in [7, 11) is 2.57. The van der Waals surface area contributed by atoms with Crippen molar-refractivity contribution in [2.24, 2.45) is 23.2 Å². The van der Waals surface area contributed by atoms with Crippen LogP contribution in [0.15, 0.2) is 17.7 Å². The molecule has 0 aromatic heterocycles. The highest BCUT2D eigenvalue weighted by molar-refractivity contribution is 6.05. The molecule has 33 heavy (non-hydrogen) atoms. The molecule has 5 rings (SSSR count). The van der Waals surface area contributed by atoms with Gasteiger partial charge in [-0.3, -0.25) is 4.79 Å². The summed E-state index contributed by atoms with van der Waals surface area (Å²) in [4.78, 5) is 37.4. The number of ether oxygens (including phenoxy) is 2. The van der Waals surface area contributed by atoms with Crippen molar-refractivity contribution in [3.05, 3.63) is 40.0 Å². The third-order valence-corrected chi connectivity index (χ3v) is 9.55. The molecule has 5 atom stereocenters. The molecule has 2 saturated carbocycles. The van der Waals surface area contributed by atoms with Crippen molar-refractivity contribution in [3.63, 3.8) is 0 Å². The lowest BCUT2D eigenvalue weighted by Gasteiger charge is -2.57. The summed E-state index contributed by atoms with van der Waals surface area (Å²) in [6.07, 6.45) is 7.90. The Balaban J connectivity index is 1.62. The number of allylic oxidation sites excluding steroid dienone is 2. The van der Waals surface area contributed by atoms with Crippen molar-refractivity contribution in [3.8, 4) is 5.75 Å². The summed E-state index contributed by atoms with van der Waals surface area (Å²) >= 11 is 0. The number of carbonyl (C=O) groups excluding carboxylic acids is 3. The topological polar surface area (TPSA) is 89.9 Å². The Kier molecular flexibility index (Phi) is 5.00. The van der Waals surface area contributed by atoms with Crippen LogP contribution in [0.5, 0.6) is 5.75 Å². The number of rotatable bonds is 2. The average molecular weight is 453 g/mol. The van der Waals surface area contributed by atoms with E-state index in [1.165, 1.54) is 25.9 Å². The van der Waals surface area contributed by atoms with E-state index >= 15 is 0 Å². The molecule has 0 heterocycles. The average Bonchev–Trinajstić information content (AvgIpc) is 3.12. The van der Waals surface area contributed by atoms with E-state index in [0.29, 0.717) is 24.7 Å². The smallest absolute Gasteiger partial charge is 0.339 e. The summed E-state index contributed by atoms with van der Waals surface area (Å²) in [6.45, 7) is 4.54. The summed E-state index contributed by atoms with van der Waals surface area (Å²) in [6, 6.07) is 1.38. The zero-order valence-electron chi connectivity index (χ0n) is 19.8. The van der Waals surface area contributed by atoms with Gasteiger partial charge in [-0.1, -0.05) is 19.4 Å². The Labute approximate surface area is 194 Å². The summed E-state index contributed by atoms with van der Waals surface area (Å²) in [5.74, 6) is 0.240. The second-order valence-electron chi connectivity index (χ2n) is 10.8. The van der Waals surface area contributed by atoms with Crippen LogP contribution >= 0.6 is 0 Å². The molecule has 0 radical (unpaired) electrons. The lowest BCUT2D eigenvalue weighted by molar-refractivity contribution is -0.117. The number of hydrogen-bond acceptors (Lipinski definition) is 6. The summed E-state index contributed by atoms with van der Waals surface area (Å²) < 4.78 is 9.96. The monoisotopic (exact) mass is 452 g/mol. The van der Waals surface area contributed by atoms with Gasteiger partial charge in [0.25, 0.3) is 0 Å². The van der Waals surface area contributed by atoms with E-state index in [9.17, 15) is 19.5 Å². The van der Waals surface area contributed by atoms with Crippen LogP contribution in [0.3, 0.4) is 0 Å². The third-order valence-electron chi connectivity index (χ3n) is 9.55. The second kappa shape index (κ2) is 7.44. The van der Waals surface area contributed by atoms with Crippen molar-refractivity contribution in [1.29, 1.82) is 0 Å². The molecule has 0 saturated heterocycles. The van der Waals surface area contributed by atoms with Gasteiger partial charge in [-0.2, -0.15) is 0 Å². The summed E-state index contributed by atoms with van der Waals surface area (Å²) in [5.41, 5.74) is 2.90. The van der Waals surface area contributed by atoms with Crippen molar-refractivity contribution in [2.45, 2.75) is 64.2 Å². The van der Waals surface area contributed by atoms with E-state index in [1.807, 2.05) is 6.08 Å². The number of ketones is 1. The molecule has 1 N–H and O–H groups in total. The first kappa shape index (κ1) is 22.2. The molecule has 1 aromatic carbocycles. The van der Waals surface area contributed by atoms with E-state index in [0.717, 1.165) is 43.2 Å². The molecule has 6 nitrogen and oxygen atoms in total. The van der Waals surface area contributed by atoms with Crippen molar-refractivity contribution in [1.82, 2.24) is 0 Å². The molecular weight excluding hydrogens is 420 g/mol. The first-order chi connectivity index (χ1) is 15.7. The maximum absolute atomic E-state index is 12.8. The van der Waals surface area contributed by atoms with E-state index < -0.39 is 11.9 Å². The number of methoxy groups -OCH3 is 2. The van der Waals surface area contributed by atoms with Gasteiger partial charge in [-0.05, 0) is 84.8 Å². The van der Waals surface area contributed by atoms with E-state index in [-0.39, 0.29) is 39.4 Å². The zero-order valence-corrected chi connectivity index (χ0v) is 19.8. The van der Waals surface area contributed by atoms with E-state index in [2.05, 4.69) is 13.8 Å². The first-order valence-corrected chi connectivity index (χ1v) is 12.0. The second-order valence-corrected chi connectivity index (χ2v) is 10.8. The molecular formula is C27H32O6. The molecule has 0 amide bonds. The maximum atomic E-state index is 12.8. The van der Waals surface area contributed by atoms with Crippen LogP contribution in [0.1, 0.15) is 84.2 Å². The van der Waals surface area contributed by atoms with Gasteiger partial charge in [0.1, 0.15) is 5.75 Å². The number of fused-ring (bicyclic) bond motifs is 7. The molecule has 4 aliphatic rings. The number of phenolic OH excluding ortho intramolecular Hbond substituents is 1. The number of carbonyl (C=O) groups is 3. The number of hydrogen-bond donors (Lipinski definition) is 1. The van der Waals surface area contributed by atoms with Gasteiger partial charge in [0.05, 0.1) is 25.3 Å². The minimum atomic E-state index is -0.654. The van der Waals surface area contributed by atoms with Crippen LogP contribution in [0.2, 0.25) is 0 Å². The fourth-order valence-corrected chi connectivity index (χ4v) is 7.96. The van der Waals surface area contributed by atoms with Crippen LogP contribution < -0.4 is 0 Å². The molecule has 176 valence electrons. The molecule has 2 fully saturated rings. The molecule has 4 aliphatic carbocycles. The Hall–Kier alpha value is -2.63. The van der Waals surface area contributed by atoms with E-state index in [4.69, 9.17) is 9.47 Å². The standard InChI is InChI=1S/C27H32O6/c1-26-9-7-15(28)11-14(26)5-6-16-19(26)8-10-27(2)20(16)12-17-22(25(31)33-4)18(24(30)32-3)13-21(29)23(17)27/h11,13,16,19-20,29H,5-10,12H2,1-4H3/t16-,19+,20-,26+,27+/m0/s1. The van der Waals surface area contributed by atoms with E-state index in [1.54, 1.807) is 0 Å². The quantitative estimate of drug-likeness (QED) is 0.664. The van der Waals surface area contributed by atoms with Gasteiger partial charge in [0.15, 0.2) is 5.78 Å². The SMILES string of the molecule is COC(=O)c1cc(O)c2c(c1C(=O)OC)C[C@H]1[C@H]3CCC4=CC(=O)CC[C@@]4(C)[C@@H]3CC[C@@]21C. The Bertz CT molecular complexity index is 1100. The minimum Gasteiger partial charge on any atom is -0.508 e. The van der Waals surface area contributed by atoms with Gasteiger partial charge >= 0.3 is 11.9 Å². The predicted octanol–water partition coefficient (Wildman–Crippen LogP) is 4.51. The lowest BCUT2D eigenvalue weighted by Crippen LogP contribution is -2.51. The number of benzene rings is 1. The lowest BCUT2D eigenvalue weighted by atomic mass is 9.47. The first-order valence-electron chi connectivity index (χ1n) is 12.0.